The number of esters is 1. The number of fused-ring (bicyclic) bond motifs is 3. The Hall–Kier alpha value is -3.02. The maximum Gasteiger partial charge on any atom is 0.337 e. The minimum absolute atomic E-state index is 0.110. The number of carbonyl (C=O) groups excluding carboxylic acids is 2. The summed E-state index contributed by atoms with van der Waals surface area (Å²) in [5, 5.41) is 3.04. The van der Waals surface area contributed by atoms with Gasteiger partial charge in [0.2, 0.25) is 5.91 Å². The van der Waals surface area contributed by atoms with Gasteiger partial charge >= 0.3 is 5.97 Å². The minimum atomic E-state index is -0.401. The first-order valence-electron chi connectivity index (χ1n) is 9.71. The number of nitrogens with one attached hydrogen (secondary N) is 1. The molecule has 0 saturated heterocycles. The van der Waals surface area contributed by atoms with Crippen LogP contribution in [-0.4, -0.2) is 33.2 Å². The molecule has 0 aliphatic heterocycles. The predicted octanol–water partition coefficient (Wildman–Crippen LogP) is 3.84. The van der Waals surface area contributed by atoms with Gasteiger partial charge in [-0.2, -0.15) is 0 Å². The van der Waals surface area contributed by atoms with Crippen molar-refractivity contribution in [1.82, 2.24) is 5.32 Å². The Morgan fingerprint density at radius 1 is 1.14 bits per heavy atom. The number of aryl methyl sites for hydroxylation is 1. The molecule has 2 aromatic carbocycles. The standard InChI is InChI=1S/C23H27NO5/c1-6-16-21-14(12-20(27-3)22(16)28-4)8-10-19(24-13(2)25)18-11-15(23(26)29-5)7-9-17(18)21/h7,9,11-12,19H,6,8,10H2,1-5H3,(H,24,25). The van der Waals surface area contributed by atoms with Gasteiger partial charge in [-0.3, -0.25) is 4.79 Å². The average molecular weight is 397 g/mol. The summed E-state index contributed by atoms with van der Waals surface area (Å²) in [5.41, 5.74) is 5.63. The largest absolute Gasteiger partial charge is 0.493 e. The summed E-state index contributed by atoms with van der Waals surface area (Å²) in [5.74, 6) is 0.909. The van der Waals surface area contributed by atoms with Crippen LogP contribution in [0.3, 0.4) is 0 Å². The molecule has 6 heteroatoms. The monoisotopic (exact) mass is 397 g/mol. The van der Waals surface area contributed by atoms with E-state index in [9.17, 15) is 9.59 Å². The molecule has 1 atom stereocenters. The van der Waals surface area contributed by atoms with Crippen molar-refractivity contribution in [2.75, 3.05) is 21.3 Å². The van der Waals surface area contributed by atoms with Crippen LogP contribution < -0.4 is 14.8 Å². The third-order valence-electron chi connectivity index (χ3n) is 5.40. The Kier molecular flexibility index (Phi) is 6.11. The molecule has 154 valence electrons. The molecular formula is C23H27NO5. The molecule has 0 heterocycles. The van der Waals surface area contributed by atoms with Gasteiger partial charge in [0.1, 0.15) is 0 Å². The number of amides is 1. The highest BCUT2D eigenvalue weighted by atomic mass is 16.5. The molecule has 1 amide bonds. The van der Waals surface area contributed by atoms with Crippen molar-refractivity contribution < 1.29 is 23.8 Å². The molecule has 0 bridgehead atoms. The first kappa shape index (κ1) is 20.7. The van der Waals surface area contributed by atoms with E-state index >= 15 is 0 Å². The Bertz CT molecular complexity index is 951. The zero-order valence-corrected chi connectivity index (χ0v) is 17.5. The van der Waals surface area contributed by atoms with Crippen LogP contribution in [0.2, 0.25) is 0 Å². The molecule has 1 aliphatic rings. The fraction of sp³-hybridized carbons (Fsp3) is 0.391. The number of hydrogen-bond acceptors (Lipinski definition) is 5. The third-order valence-corrected chi connectivity index (χ3v) is 5.40. The van der Waals surface area contributed by atoms with Crippen LogP contribution in [0.4, 0.5) is 0 Å². The molecule has 29 heavy (non-hydrogen) atoms. The van der Waals surface area contributed by atoms with E-state index in [0.29, 0.717) is 17.7 Å². The van der Waals surface area contributed by atoms with Crippen molar-refractivity contribution >= 4 is 11.9 Å². The van der Waals surface area contributed by atoms with E-state index in [4.69, 9.17) is 14.2 Å². The van der Waals surface area contributed by atoms with E-state index in [1.54, 1.807) is 20.3 Å². The summed E-state index contributed by atoms with van der Waals surface area (Å²) in [4.78, 5) is 24.0. The van der Waals surface area contributed by atoms with E-state index in [0.717, 1.165) is 46.4 Å². The molecule has 1 N–H and O–H groups in total. The second-order valence-corrected chi connectivity index (χ2v) is 7.06. The smallest absolute Gasteiger partial charge is 0.337 e. The van der Waals surface area contributed by atoms with Crippen molar-refractivity contribution in [3.63, 3.8) is 0 Å². The Morgan fingerprint density at radius 3 is 2.48 bits per heavy atom. The molecule has 2 aromatic rings. The van der Waals surface area contributed by atoms with E-state index in [1.807, 2.05) is 18.2 Å². The van der Waals surface area contributed by atoms with Crippen molar-refractivity contribution in [3.8, 4) is 22.6 Å². The van der Waals surface area contributed by atoms with Crippen LogP contribution in [-0.2, 0) is 22.4 Å². The molecule has 0 radical (unpaired) electrons. The molecule has 0 spiro atoms. The lowest BCUT2D eigenvalue weighted by Gasteiger charge is -2.21. The zero-order chi connectivity index (χ0) is 21.1. The normalized spacial score (nSPS) is 14.9. The molecule has 3 rings (SSSR count). The topological polar surface area (TPSA) is 73.9 Å². The highest BCUT2D eigenvalue weighted by molar-refractivity contribution is 5.91. The van der Waals surface area contributed by atoms with Gasteiger partial charge in [-0.25, -0.2) is 4.79 Å². The molecular weight excluding hydrogens is 370 g/mol. The number of methoxy groups -OCH3 is 3. The average Bonchev–Trinajstić information content (AvgIpc) is 2.87. The van der Waals surface area contributed by atoms with E-state index in [2.05, 4.69) is 12.2 Å². The number of benzene rings is 2. The summed E-state index contributed by atoms with van der Waals surface area (Å²) < 4.78 is 16.1. The minimum Gasteiger partial charge on any atom is -0.493 e. The first-order chi connectivity index (χ1) is 13.9. The van der Waals surface area contributed by atoms with Gasteiger partial charge in [0.25, 0.3) is 0 Å². The summed E-state index contributed by atoms with van der Waals surface area (Å²) in [7, 11) is 4.64. The summed E-state index contributed by atoms with van der Waals surface area (Å²) in [6, 6.07) is 7.34. The molecule has 0 saturated carbocycles. The maximum atomic E-state index is 12.1. The van der Waals surface area contributed by atoms with Gasteiger partial charge in [-0.15, -0.1) is 0 Å². The number of ether oxygens (including phenoxy) is 3. The highest BCUT2D eigenvalue weighted by Gasteiger charge is 2.28. The zero-order valence-electron chi connectivity index (χ0n) is 17.5. The van der Waals surface area contributed by atoms with E-state index < -0.39 is 5.97 Å². The first-order valence-corrected chi connectivity index (χ1v) is 9.71. The lowest BCUT2D eigenvalue weighted by atomic mass is 9.88. The van der Waals surface area contributed by atoms with Crippen LogP contribution in [0, 0.1) is 0 Å². The van der Waals surface area contributed by atoms with Gasteiger partial charge in [-0.05, 0) is 59.7 Å². The van der Waals surface area contributed by atoms with Crippen molar-refractivity contribution in [3.05, 3.63) is 46.5 Å². The molecule has 6 nitrogen and oxygen atoms in total. The van der Waals surface area contributed by atoms with Crippen LogP contribution in [0.25, 0.3) is 11.1 Å². The van der Waals surface area contributed by atoms with Gasteiger partial charge in [0.05, 0.1) is 32.9 Å². The van der Waals surface area contributed by atoms with Crippen LogP contribution in [0.1, 0.15) is 53.4 Å². The maximum absolute atomic E-state index is 12.1. The SMILES string of the molecule is CCc1c(OC)c(OC)cc2c1-c1ccc(C(=O)OC)cc1C(NC(C)=O)CC2. The molecule has 1 unspecified atom stereocenters. The second kappa shape index (κ2) is 8.55. The van der Waals surface area contributed by atoms with E-state index in [1.165, 1.54) is 14.0 Å². The third kappa shape index (κ3) is 3.79. The van der Waals surface area contributed by atoms with Crippen LogP contribution >= 0.6 is 0 Å². The Labute approximate surface area is 171 Å². The number of rotatable bonds is 5. The fourth-order valence-corrected chi connectivity index (χ4v) is 4.17. The predicted molar refractivity (Wildman–Crippen MR) is 111 cm³/mol. The molecule has 1 aliphatic carbocycles. The summed E-state index contributed by atoms with van der Waals surface area (Å²) in [6.45, 7) is 3.58. The number of carbonyl (C=O) groups is 2. The van der Waals surface area contributed by atoms with Gasteiger partial charge in [0.15, 0.2) is 11.5 Å². The summed E-state index contributed by atoms with van der Waals surface area (Å²) in [6.07, 6.45) is 2.23. The lowest BCUT2D eigenvalue weighted by Crippen LogP contribution is -2.26. The summed E-state index contributed by atoms with van der Waals surface area (Å²) >= 11 is 0. The molecule has 0 aromatic heterocycles. The van der Waals surface area contributed by atoms with Crippen LogP contribution in [0.15, 0.2) is 24.3 Å². The fourth-order valence-electron chi connectivity index (χ4n) is 4.17. The van der Waals surface area contributed by atoms with Gasteiger partial charge in [-0.1, -0.05) is 13.0 Å². The Morgan fingerprint density at radius 2 is 1.90 bits per heavy atom. The van der Waals surface area contributed by atoms with Gasteiger partial charge < -0.3 is 19.5 Å². The van der Waals surface area contributed by atoms with Crippen LogP contribution in [0.5, 0.6) is 11.5 Å². The van der Waals surface area contributed by atoms with Crippen molar-refractivity contribution in [1.29, 1.82) is 0 Å². The van der Waals surface area contributed by atoms with Crippen molar-refractivity contribution in [2.24, 2.45) is 0 Å². The van der Waals surface area contributed by atoms with Gasteiger partial charge in [0, 0.05) is 12.5 Å². The highest BCUT2D eigenvalue weighted by Crippen LogP contribution is 2.46. The number of hydrogen-bond donors (Lipinski definition) is 1. The lowest BCUT2D eigenvalue weighted by molar-refractivity contribution is -0.119. The quantitative estimate of drug-likeness (QED) is 0.776. The Balaban J connectivity index is 2.31. The second-order valence-electron chi connectivity index (χ2n) is 7.06. The van der Waals surface area contributed by atoms with E-state index in [-0.39, 0.29) is 11.9 Å². The molecule has 0 fully saturated rings. The van der Waals surface area contributed by atoms with Crippen molar-refractivity contribution in [2.45, 2.75) is 39.2 Å².